The van der Waals surface area contributed by atoms with Gasteiger partial charge in [-0.1, -0.05) is 27.7 Å². The number of amides is 1. The largest absolute Gasteiger partial charge is 0.355 e. The van der Waals surface area contributed by atoms with Crippen LogP contribution in [0, 0.1) is 5.41 Å². The van der Waals surface area contributed by atoms with Gasteiger partial charge in [0.25, 0.3) is 0 Å². The van der Waals surface area contributed by atoms with Crippen molar-refractivity contribution in [2.75, 3.05) is 26.7 Å². The second-order valence-electron chi connectivity index (χ2n) is 3.63. The van der Waals surface area contributed by atoms with Crippen LogP contribution in [0.15, 0.2) is 0 Å². The van der Waals surface area contributed by atoms with Gasteiger partial charge in [0.2, 0.25) is 5.91 Å². The van der Waals surface area contributed by atoms with Gasteiger partial charge >= 0.3 is 0 Å². The predicted molar refractivity (Wildman–Crippen MR) is 60.3 cm³/mol. The van der Waals surface area contributed by atoms with Crippen molar-refractivity contribution in [1.29, 1.82) is 0 Å². The number of hydrogen-bond acceptors (Lipinski definition) is 2. The molecule has 0 bridgehead atoms. The first-order chi connectivity index (χ1) is 6.70. The van der Waals surface area contributed by atoms with E-state index in [-0.39, 0.29) is 5.91 Å². The highest BCUT2D eigenvalue weighted by Gasteiger charge is 2.46. The average molecular weight is 200 g/mol. The lowest BCUT2D eigenvalue weighted by Gasteiger charge is -2.44. The highest BCUT2D eigenvalue weighted by molar-refractivity contribution is 5.79. The molecule has 1 N–H and O–H groups in total. The van der Waals surface area contributed by atoms with E-state index in [0.29, 0.717) is 5.41 Å². The van der Waals surface area contributed by atoms with Crippen LogP contribution in [-0.2, 0) is 4.79 Å². The minimum atomic E-state index is 0.230. The zero-order valence-corrected chi connectivity index (χ0v) is 10.2. The summed E-state index contributed by atoms with van der Waals surface area (Å²) in [6.07, 6.45) is 0.747. The van der Waals surface area contributed by atoms with Crippen LogP contribution in [-0.4, -0.2) is 37.5 Å². The molecule has 1 spiro atoms. The summed E-state index contributed by atoms with van der Waals surface area (Å²) in [7, 11) is 2.09. The fourth-order valence-electron chi connectivity index (χ4n) is 2.07. The maximum absolute atomic E-state index is 10.8. The molecule has 0 aromatic heterocycles. The Bertz CT molecular complexity index is 174. The maximum atomic E-state index is 10.8. The molecule has 2 saturated heterocycles. The number of hydrogen-bond donors (Lipinski definition) is 1. The highest BCUT2D eigenvalue weighted by atomic mass is 16.1. The summed E-state index contributed by atoms with van der Waals surface area (Å²) in [5.41, 5.74) is 0.325. The summed E-state index contributed by atoms with van der Waals surface area (Å²) in [4.78, 5) is 13.1. The van der Waals surface area contributed by atoms with Gasteiger partial charge in [0.1, 0.15) is 0 Å². The van der Waals surface area contributed by atoms with E-state index in [4.69, 9.17) is 0 Å². The predicted octanol–water partition coefficient (Wildman–Crippen LogP) is 1.49. The van der Waals surface area contributed by atoms with Crippen LogP contribution >= 0.6 is 0 Å². The van der Waals surface area contributed by atoms with E-state index in [1.54, 1.807) is 0 Å². The fourth-order valence-corrected chi connectivity index (χ4v) is 2.07. The number of nitrogens with one attached hydrogen (secondary N) is 1. The lowest BCUT2D eigenvalue weighted by molar-refractivity contribution is -0.120. The second kappa shape index (κ2) is 6.02. The summed E-state index contributed by atoms with van der Waals surface area (Å²) >= 11 is 0. The zero-order chi connectivity index (χ0) is 11.2. The molecule has 2 fully saturated rings. The van der Waals surface area contributed by atoms with Crippen LogP contribution in [0.2, 0.25) is 0 Å². The van der Waals surface area contributed by atoms with Gasteiger partial charge in [0.15, 0.2) is 0 Å². The van der Waals surface area contributed by atoms with Gasteiger partial charge in [0.05, 0.1) is 0 Å². The molecule has 14 heavy (non-hydrogen) atoms. The molecular formula is C11H24N2O. The summed E-state index contributed by atoms with van der Waals surface area (Å²) in [6, 6.07) is 0. The second-order valence-corrected chi connectivity index (χ2v) is 3.63. The van der Waals surface area contributed by atoms with Gasteiger partial charge < -0.3 is 10.2 Å². The van der Waals surface area contributed by atoms with Crippen molar-refractivity contribution in [3.8, 4) is 0 Å². The lowest BCUT2D eigenvalue weighted by Crippen LogP contribution is -2.55. The van der Waals surface area contributed by atoms with Crippen molar-refractivity contribution < 1.29 is 4.79 Å². The Balaban J connectivity index is 0.000000379. The smallest absolute Gasteiger partial charge is 0.220 e. The number of carbonyl (C=O) groups is 1. The van der Waals surface area contributed by atoms with Crippen molar-refractivity contribution in [2.45, 2.75) is 34.1 Å². The van der Waals surface area contributed by atoms with Gasteiger partial charge in [-0.05, 0) is 7.05 Å². The van der Waals surface area contributed by atoms with Crippen LogP contribution in [0.4, 0.5) is 0 Å². The van der Waals surface area contributed by atoms with Crippen molar-refractivity contribution in [2.24, 2.45) is 5.41 Å². The Morgan fingerprint density at radius 3 is 2.00 bits per heavy atom. The van der Waals surface area contributed by atoms with Crippen LogP contribution in [0.25, 0.3) is 0 Å². The summed E-state index contributed by atoms with van der Waals surface area (Å²) in [5, 5.41) is 2.87. The SMILES string of the molecule is CC.CC.CN1CC2(CNC(=O)C2)C1. The highest BCUT2D eigenvalue weighted by Crippen LogP contribution is 2.34. The molecule has 2 rings (SSSR count). The third-order valence-corrected chi connectivity index (χ3v) is 2.41. The van der Waals surface area contributed by atoms with Gasteiger partial charge in [-0.3, -0.25) is 4.79 Å². The average Bonchev–Trinajstić information content (AvgIpc) is 2.54. The minimum Gasteiger partial charge on any atom is -0.355 e. The van der Waals surface area contributed by atoms with Crippen molar-refractivity contribution in [3.05, 3.63) is 0 Å². The molecule has 0 unspecified atom stereocenters. The van der Waals surface area contributed by atoms with E-state index in [1.165, 1.54) is 0 Å². The van der Waals surface area contributed by atoms with Crippen LogP contribution < -0.4 is 5.32 Å². The Kier molecular flexibility index (Phi) is 5.77. The standard InChI is InChI=1S/C7H12N2O.2C2H6/c1-9-4-7(5-9)2-6(10)8-3-7;2*1-2/h2-5H2,1H3,(H,8,10);2*1-2H3. The Morgan fingerprint density at radius 2 is 1.71 bits per heavy atom. The molecule has 2 heterocycles. The Hall–Kier alpha value is -0.570. The number of nitrogens with zero attached hydrogens (tertiary/aromatic N) is 1. The first-order valence-electron chi connectivity index (χ1n) is 5.66. The third kappa shape index (κ3) is 2.98. The van der Waals surface area contributed by atoms with E-state index in [9.17, 15) is 4.79 Å². The van der Waals surface area contributed by atoms with E-state index in [0.717, 1.165) is 26.1 Å². The molecule has 0 saturated carbocycles. The summed E-state index contributed by atoms with van der Waals surface area (Å²) in [5.74, 6) is 0.230. The maximum Gasteiger partial charge on any atom is 0.220 e. The molecule has 0 aromatic rings. The van der Waals surface area contributed by atoms with Gasteiger partial charge in [-0.15, -0.1) is 0 Å². The molecule has 84 valence electrons. The molecule has 0 aliphatic carbocycles. The third-order valence-electron chi connectivity index (χ3n) is 2.41. The van der Waals surface area contributed by atoms with E-state index in [2.05, 4.69) is 17.3 Å². The molecule has 3 heteroatoms. The molecule has 0 radical (unpaired) electrons. The van der Waals surface area contributed by atoms with E-state index < -0.39 is 0 Å². The van der Waals surface area contributed by atoms with Crippen molar-refractivity contribution in [1.82, 2.24) is 10.2 Å². The van der Waals surface area contributed by atoms with Gasteiger partial charge in [-0.2, -0.15) is 0 Å². The molecule has 2 aliphatic rings. The molecule has 2 aliphatic heterocycles. The normalized spacial score (nSPS) is 22.5. The molecule has 0 atom stereocenters. The number of likely N-dealkylation sites (tertiary alicyclic amines) is 1. The van der Waals surface area contributed by atoms with E-state index in [1.807, 2.05) is 27.7 Å². The van der Waals surface area contributed by atoms with Crippen LogP contribution in [0.5, 0.6) is 0 Å². The van der Waals surface area contributed by atoms with Gasteiger partial charge in [0, 0.05) is 31.5 Å². The summed E-state index contributed by atoms with van der Waals surface area (Å²) in [6.45, 7) is 11.1. The monoisotopic (exact) mass is 200 g/mol. The fraction of sp³-hybridized carbons (Fsp3) is 0.909. The van der Waals surface area contributed by atoms with Crippen molar-refractivity contribution in [3.63, 3.8) is 0 Å². The zero-order valence-electron chi connectivity index (χ0n) is 10.2. The number of carbonyl (C=O) groups excluding carboxylic acids is 1. The topological polar surface area (TPSA) is 32.3 Å². The van der Waals surface area contributed by atoms with Crippen molar-refractivity contribution >= 4 is 5.91 Å². The molecule has 0 aromatic carbocycles. The molecular weight excluding hydrogens is 176 g/mol. The molecule has 3 nitrogen and oxygen atoms in total. The Labute approximate surface area is 87.9 Å². The number of rotatable bonds is 0. The Morgan fingerprint density at radius 1 is 1.21 bits per heavy atom. The van der Waals surface area contributed by atoms with Crippen LogP contribution in [0.1, 0.15) is 34.1 Å². The van der Waals surface area contributed by atoms with Gasteiger partial charge in [-0.25, -0.2) is 0 Å². The summed E-state index contributed by atoms with van der Waals surface area (Å²) < 4.78 is 0. The minimum absolute atomic E-state index is 0.230. The van der Waals surface area contributed by atoms with E-state index >= 15 is 0 Å². The van der Waals surface area contributed by atoms with Crippen LogP contribution in [0.3, 0.4) is 0 Å². The molecule has 1 amide bonds. The lowest BCUT2D eigenvalue weighted by atomic mass is 9.79. The quantitative estimate of drug-likeness (QED) is 0.642. The first-order valence-corrected chi connectivity index (χ1v) is 5.66. The first kappa shape index (κ1) is 13.4.